The summed E-state index contributed by atoms with van der Waals surface area (Å²) in [5, 5.41) is 0. The summed E-state index contributed by atoms with van der Waals surface area (Å²) in [6.07, 6.45) is 4.30. The zero-order chi connectivity index (χ0) is 38.9. The molecule has 0 atom stereocenters. The fourth-order valence-electron chi connectivity index (χ4n) is 8.76. The molecule has 0 fully saturated rings. The molecule has 9 rings (SSSR count). The van der Waals surface area contributed by atoms with Crippen LogP contribution in [0.5, 0.6) is 46.0 Å². The predicted octanol–water partition coefficient (Wildman–Crippen LogP) is 10.0. The largest absolute Gasteiger partial charge is 0.511 e. The highest BCUT2D eigenvalue weighted by Gasteiger charge is 2.43. The molecule has 4 aliphatic heterocycles. The smallest absolute Gasteiger partial charge is 0.454 e. The molecule has 0 amide bonds. The lowest BCUT2D eigenvalue weighted by molar-refractivity contribution is 0.363. The summed E-state index contributed by atoms with van der Waals surface area (Å²) < 4.78 is 55.8. The van der Waals surface area contributed by atoms with Gasteiger partial charge in [0.05, 0.1) is 0 Å². The quantitative estimate of drug-likeness (QED) is 0.122. The van der Waals surface area contributed by atoms with Crippen molar-refractivity contribution in [2.75, 3.05) is 6.26 Å². The van der Waals surface area contributed by atoms with E-state index < -0.39 is 34.2 Å². The first kappa shape index (κ1) is 37.4. The van der Waals surface area contributed by atoms with Crippen molar-refractivity contribution in [2.45, 2.75) is 106 Å². The first-order chi connectivity index (χ1) is 25.3. The number of hydrogen-bond donors (Lipinski definition) is 1. The Bertz CT molecular complexity index is 1840. The Kier molecular flexibility index (Phi) is 8.66. The summed E-state index contributed by atoms with van der Waals surface area (Å²) in [6, 6.07) is 9.29. The zero-order valence-electron chi connectivity index (χ0n) is 33.9. The summed E-state index contributed by atoms with van der Waals surface area (Å²) in [5.41, 5.74) is 13.1. The highest BCUT2D eigenvalue weighted by Crippen LogP contribution is 2.51. The maximum absolute atomic E-state index is 6.98. The standard InChI is InChI=1S/C40H48O8Si4.CH4S/c1-21-33-25-13-26-18-28-15-30-20-32-16-31-19-29-14-27(17-25)35(43-49(5,6)41-33)22(2)37(29)45-51(9,10)47-39(31)24(4)40(32)48-52(11,12)46-38(30)23(3)36(28)44-50(7,8)42-34(21)26;1-2/h13-16H,17-20H2,1-12H3;2H,1H3. The van der Waals surface area contributed by atoms with Crippen LogP contribution in [0.4, 0.5) is 0 Å². The van der Waals surface area contributed by atoms with Crippen molar-refractivity contribution in [3.63, 3.8) is 0 Å². The maximum atomic E-state index is 6.98. The Morgan fingerprint density at radius 1 is 0.315 bits per heavy atom. The lowest BCUT2D eigenvalue weighted by Gasteiger charge is -2.38. The third-order valence-electron chi connectivity index (χ3n) is 10.8. The highest BCUT2D eigenvalue weighted by molar-refractivity contribution is 7.79. The second-order valence-electron chi connectivity index (χ2n) is 17.0. The molecule has 286 valence electrons. The van der Waals surface area contributed by atoms with Crippen LogP contribution < -0.4 is 35.4 Å². The molecule has 8 bridgehead atoms. The molecule has 0 unspecified atom stereocenters. The van der Waals surface area contributed by atoms with E-state index in [1.165, 1.54) is 0 Å². The Morgan fingerprint density at radius 3 is 0.574 bits per heavy atom. The first-order valence-electron chi connectivity index (χ1n) is 18.9. The molecule has 4 heterocycles. The summed E-state index contributed by atoms with van der Waals surface area (Å²) in [4.78, 5) is 0. The van der Waals surface area contributed by atoms with Crippen molar-refractivity contribution < 1.29 is 35.4 Å². The molecule has 0 radical (unpaired) electrons. The van der Waals surface area contributed by atoms with E-state index in [2.05, 4.69) is 117 Å². The number of rotatable bonds is 0. The molecule has 0 saturated heterocycles. The van der Waals surface area contributed by atoms with Crippen molar-refractivity contribution in [2.24, 2.45) is 0 Å². The molecule has 4 aromatic rings. The Balaban J connectivity index is 0.00000203. The zero-order valence-corrected chi connectivity index (χ0v) is 38.7. The first-order valence-corrected chi connectivity index (χ1v) is 31.0. The molecule has 0 spiro atoms. The fourth-order valence-corrected chi connectivity index (χ4v) is 15.1. The third kappa shape index (κ3) is 6.23. The minimum atomic E-state index is -2.77. The Morgan fingerprint density at radius 2 is 0.444 bits per heavy atom. The van der Waals surface area contributed by atoms with E-state index >= 15 is 0 Å². The van der Waals surface area contributed by atoms with E-state index in [0.717, 1.165) is 113 Å². The molecule has 1 aliphatic carbocycles. The lowest BCUT2D eigenvalue weighted by Crippen LogP contribution is -2.46. The molecule has 4 aromatic carbocycles. The molecular weight excluding hydrogens is 765 g/mol. The molecule has 0 aromatic heterocycles. The van der Waals surface area contributed by atoms with E-state index in [1.54, 1.807) is 6.26 Å². The van der Waals surface area contributed by atoms with Gasteiger partial charge in [0.25, 0.3) is 0 Å². The summed E-state index contributed by atoms with van der Waals surface area (Å²) >= 11 is 3.53. The third-order valence-corrected chi connectivity index (χ3v) is 16.3. The van der Waals surface area contributed by atoms with Crippen molar-refractivity contribution in [1.82, 2.24) is 0 Å². The predicted molar refractivity (Wildman–Crippen MR) is 226 cm³/mol. The Hall–Kier alpha value is -3.50. The van der Waals surface area contributed by atoms with Gasteiger partial charge in [0.2, 0.25) is 0 Å². The van der Waals surface area contributed by atoms with Crippen LogP contribution in [0.1, 0.15) is 66.8 Å². The number of thiol groups is 1. The van der Waals surface area contributed by atoms with E-state index in [-0.39, 0.29) is 0 Å². The average molecular weight is 817 g/mol. The molecular formula is C41H52O8SSi4. The van der Waals surface area contributed by atoms with Crippen LogP contribution in [0.3, 0.4) is 0 Å². The van der Waals surface area contributed by atoms with E-state index in [0.29, 0.717) is 25.7 Å². The van der Waals surface area contributed by atoms with Crippen LogP contribution in [0.25, 0.3) is 0 Å². The van der Waals surface area contributed by atoms with Crippen LogP contribution in [0, 0.1) is 27.7 Å². The van der Waals surface area contributed by atoms with Gasteiger partial charge in [0, 0.05) is 100 Å². The summed E-state index contributed by atoms with van der Waals surface area (Å²) in [5.74, 6) is 6.91. The van der Waals surface area contributed by atoms with Crippen LogP contribution >= 0.6 is 12.6 Å². The van der Waals surface area contributed by atoms with Gasteiger partial charge in [-0.15, -0.1) is 0 Å². The molecule has 0 N–H and O–H groups in total. The van der Waals surface area contributed by atoms with Gasteiger partial charge in [-0.05, 0) is 103 Å². The minimum Gasteiger partial charge on any atom is -0.511 e. The normalized spacial score (nSPS) is 19.3. The summed E-state index contributed by atoms with van der Waals surface area (Å²) in [7, 11) is -11.1. The van der Waals surface area contributed by atoms with Crippen molar-refractivity contribution in [3.05, 3.63) is 91.0 Å². The topological polar surface area (TPSA) is 73.8 Å². The molecule has 54 heavy (non-hydrogen) atoms. The highest BCUT2D eigenvalue weighted by atomic mass is 32.1. The van der Waals surface area contributed by atoms with Gasteiger partial charge in [0.15, 0.2) is 0 Å². The van der Waals surface area contributed by atoms with Crippen molar-refractivity contribution >= 4 is 46.9 Å². The lowest BCUT2D eigenvalue weighted by atomic mass is 9.88. The van der Waals surface area contributed by atoms with Crippen LogP contribution in [0.2, 0.25) is 52.4 Å². The van der Waals surface area contributed by atoms with E-state index in [1.807, 2.05) is 0 Å². The second-order valence-corrected chi connectivity index (χ2v) is 29.9. The monoisotopic (exact) mass is 816 g/mol. The summed E-state index contributed by atoms with van der Waals surface area (Å²) in [6.45, 7) is 25.4. The van der Waals surface area contributed by atoms with Gasteiger partial charge < -0.3 is 35.4 Å². The van der Waals surface area contributed by atoms with Crippen LogP contribution in [0.15, 0.2) is 24.3 Å². The van der Waals surface area contributed by atoms with Crippen LogP contribution in [-0.4, -0.2) is 40.5 Å². The molecule has 0 saturated carbocycles. The van der Waals surface area contributed by atoms with Crippen molar-refractivity contribution in [3.8, 4) is 46.0 Å². The minimum absolute atomic E-state index is 0.652. The van der Waals surface area contributed by atoms with Gasteiger partial charge in [-0.25, -0.2) is 0 Å². The Labute approximate surface area is 329 Å². The van der Waals surface area contributed by atoms with E-state index in [4.69, 9.17) is 35.4 Å². The molecule has 5 aliphatic rings. The van der Waals surface area contributed by atoms with Gasteiger partial charge >= 0.3 is 34.2 Å². The van der Waals surface area contributed by atoms with Crippen molar-refractivity contribution in [1.29, 1.82) is 0 Å². The van der Waals surface area contributed by atoms with Crippen LogP contribution in [-0.2, 0) is 25.7 Å². The van der Waals surface area contributed by atoms with Gasteiger partial charge in [0.1, 0.15) is 46.0 Å². The number of hydrogen-bond acceptors (Lipinski definition) is 9. The maximum Gasteiger partial charge on any atom is 0.454 e. The van der Waals surface area contributed by atoms with Gasteiger partial charge in [-0.1, -0.05) is 0 Å². The van der Waals surface area contributed by atoms with Gasteiger partial charge in [-0.3, -0.25) is 0 Å². The fraction of sp³-hybridized carbons (Fsp3) is 0.415. The molecule has 8 nitrogen and oxygen atoms in total. The average Bonchev–Trinajstić information content (AvgIpc) is 3.06. The van der Waals surface area contributed by atoms with E-state index in [9.17, 15) is 0 Å². The van der Waals surface area contributed by atoms with Gasteiger partial charge in [-0.2, -0.15) is 12.6 Å². The number of benzene rings is 4. The molecule has 13 heteroatoms. The SMILES string of the molecule is CS.Cc1c2c3cc4c1O[Si](C)(C)Oc1c(cc5c(c1C)O[Si](C)(C)Oc1c(cc6c(c1C)O[Si](C)(C)Oc1c(cc(c(c1C)O[Si](C)(C)O2)C3)C6)C5)C4. The second kappa shape index (κ2) is 12.5.